The van der Waals surface area contributed by atoms with Gasteiger partial charge in [-0.1, -0.05) is 30.3 Å². The monoisotopic (exact) mass is 209 g/mol. The molecule has 0 aliphatic heterocycles. The van der Waals surface area contributed by atoms with Crippen LogP contribution in [-0.2, 0) is 4.79 Å². The highest BCUT2D eigenvalue weighted by Crippen LogP contribution is 2.22. The minimum Gasteiger partial charge on any atom is -0.480 e. The summed E-state index contributed by atoms with van der Waals surface area (Å²) in [6.45, 7) is 1.54. The Morgan fingerprint density at radius 1 is 1.33 bits per heavy atom. The van der Waals surface area contributed by atoms with E-state index in [1.54, 1.807) is 31.2 Å². The lowest BCUT2D eigenvalue weighted by molar-refractivity contribution is -0.139. The van der Waals surface area contributed by atoms with Crippen LogP contribution in [0, 0.1) is 0 Å². The van der Waals surface area contributed by atoms with Gasteiger partial charge in [0.25, 0.3) is 0 Å². The summed E-state index contributed by atoms with van der Waals surface area (Å²) >= 11 is 0. The molecule has 3 unspecified atom stereocenters. The molecule has 0 radical (unpaired) electrons. The Bertz CT molecular complexity index is 324. The zero-order chi connectivity index (χ0) is 11.4. The van der Waals surface area contributed by atoms with Crippen LogP contribution in [0.25, 0.3) is 0 Å². The second kappa shape index (κ2) is 4.91. The van der Waals surface area contributed by atoms with E-state index in [2.05, 4.69) is 0 Å². The van der Waals surface area contributed by atoms with Crippen LogP contribution in [-0.4, -0.2) is 28.3 Å². The maximum absolute atomic E-state index is 10.8. The van der Waals surface area contributed by atoms with Gasteiger partial charge in [0.05, 0.1) is 6.10 Å². The van der Waals surface area contributed by atoms with Crippen LogP contribution in [0.4, 0.5) is 0 Å². The van der Waals surface area contributed by atoms with Gasteiger partial charge in [0.2, 0.25) is 0 Å². The number of aliphatic hydroxyl groups is 1. The third-order valence-corrected chi connectivity index (χ3v) is 2.38. The van der Waals surface area contributed by atoms with Gasteiger partial charge < -0.3 is 15.9 Å². The zero-order valence-electron chi connectivity index (χ0n) is 8.50. The average Bonchev–Trinajstić information content (AvgIpc) is 2.18. The number of aliphatic hydroxyl groups excluding tert-OH is 1. The van der Waals surface area contributed by atoms with Crippen molar-refractivity contribution in [1.29, 1.82) is 0 Å². The van der Waals surface area contributed by atoms with Crippen LogP contribution in [0.3, 0.4) is 0 Å². The van der Waals surface area contributed by atoms with Crippen molar-refractivity contribution in [1.82, 2.24) is 0 Å². The topological polar surface area (TPSA) is 83.5 Å². The van der Waals surface area contributed by atoms with E-state index in [4.69, 9.17) is 10.8 Å². The van der Waals surface area contributed by atoms with Crippen LogP contribution < -0.4 is 5.73 Å². The highest BCUT2D eigenvalue weighted by molar-refractivity contribution is 5.74. The molecule has 0 bridgehead atoms. The number of benzene rings is 1. The number of rotatable bonds is 4. The summed E-state index contributed by atoms with van der Waals surface area (Å²) in [6, 6.07) is 7.85. The predicted molar refractivity (Wildman–Crippen MR) is 56.5 cm³/mol. The van der Waals surface area contributed by atoms with Crippen molar-refractivity contribution in [3.05, 3.63) is 35.9 Å². The van der Waals surface area contributed by atoms with Crippen LogP contribution in [0.5, 0.6) is 0 Å². The van der Waals surface area contributed by atoms with Crippen LogP contribution >= 0.6 is 0 Å². The summed E-state index contributed by atoms with van der Waals surface area (Å²) in [6.07, 6.45) is -0.793. The van der Waals surface area contributed by atoms with E-state index in [-0.39, 0.29) is 0 Å². The van der Waals surface area contributed by atoms with E-state index in [9.17, 15) is 9.90 Å². The van der Waals surface area contributed by atoms with E-state index in [0.717, 1.165) is 5.56 Å². The van der Waals surface area contributed by atoms with E-state index >= 15 is 0 Å². The summed E-state index contributed by atoms with van der Waals surface area (Å²) in [5, 5.41) is 18.4. The predicted octanol–water partition coefficient (Wildman–Crippen LogP) is 0.563. The summed E-state index contributed by atoms with van der Waals surface area (Å²) < 4.78 is 0. The smallest absolute Gasteiger partial charge is 0.321 e. The van der Waals surface area contributed by atoms with Gasteiger partial charge in [-0.2, -0.15) is 0 Å². The number of hydrogen-bond donors (Lipinski definition) is 3. The summed E-state index contributed by atoms with van der Waals surface area (Å²) in [5.41, 5.74) is 6.27. The fourth-order valence-electron chi connectivity index (χ4n) is 1.61. The third-order valence-electron chi connectivity index (χ3n) is 2.38. The SMILES string of the molecule is CC(O)C(c1ccccc1)C(N)C(=O)O. The van der Waals surface area contributed by atoms with Gasteiger partial charge in [0, 0.05) is 5.92 Å². The van der Waals surface area contributed by atoms with Crippen LogP contribution in [0.1, 0.15) is 18.4 Å². The van der Waals surface area contributed by atoms with Crippen LogP contribution in [0.2, 0.25) is 0 Å². The molecule has 15 heavy (non-hydrogen) atoms. The number of aliphatic carboxylic acids is 1. The first kappa shape index (κ1) is 11.7. The number of carboxylic acids is 1. The lowest BCUT2D eigenvalue weighted by Gasteiger charge is -2.23. The lowest BCUT2D eigenvalue weighted by Crippen LogP contribution is -2.41. The Morgan fingerprint density at radius 2 is 1.87 bits per heavy atom. The molecule has 0 aliphatic rings. The molecule has 1 aromatic carbocycles. The van der Waals surface area contributed by atoms with Gasteiger partial charge in [-0.25, -0.2) is 0 Å². The largest absolute Gasteiger partial charge is 0.480 e. The van der Waals surface area contributed by atoms with Gasteiger partial charge in [-0.15, -0.1) is 0 Å². The Kier molecular flexibility index (Phi) is 3.82. The second-order valence-corrected chi connectivity index (χ2v) is 3.54. The summed E-state index contributed by atoms with van der Waals surface area (Å²) in [4.78, 5) is 10.8. The fourth-order valence-corrected chi connectivity index (χ4v) is 1.61. The van der Waals surface area contributed by atoms with Gasteiger partial charge >= 0.3 is 5.97 Å². The summed E-state index contributed by atoms with van der Waals surface area (Å²) in [5.74, 6) is -1.69. The molecule has 0 saturated heterocycles. The minimum absolute atomic E-state index is 0.580. The molecule has 4 heteroatoms. The van der Waals surface area contributed by atoms with Crippen LogP contribution in [0.15, 0.2) is 30.3 Å². The first-order chi connectivity index (χ1) is 7.04. The second-order valence-electron chi connectivity index (χ2n) is 3.54. The molecule has 82 valence electrons. The van der Waals surface area contributed by atoms with Crippen molar-refractivity contribution >= 4 is 5.97 Å². The molecule has 0 amide bonds. The molecule has 0 fully saturated rings. The molecule has 4 nitrogen and oxygen atoms in total. The fraction of sp³-hybridized carbons (Fsp3) is 0.364. The molecular formula is C11H15NO3. The number of carboxylic acid groups (broad SMARTS) is 1. The lowest BCUT2D eigenvalue weighted by atomic mass is 9.88. The molecule has 3 atom stereocenters. The van der Waals surface area contributed by atoms with Gasteiger partial charge in [0.15, 0.2) is 0 Å². The molecule has 0 spiro atoms. The molecule has 0 saturated carbocycles. The molecule has 0 aliphatic carbocycles. The Hall–Kier alpha value is -1.39. The average molecular weight is 209 g/mol. The van der Waals surface area contributed by atoms with E-state index in [1.165, 1.54) is 0 Å². The Morgan fingerprint density at radius 3 is 2.27 bits per heavy atom. The molecule has 4 N–H and O–H groups in total. The van der Waals surface area contributed by atoms with Gasteiger partial charge in [-0.3, -0.25) is 4.79 Å². The number of hydrogen-bond acceptors (Lipinski definition) is 3. The molecule has 1 rings (SSSR count). The molecule has 0 aromatic heterocycles. The maximum Gasteiger partial charge on any atom is 0.321 e. The number of nitrogens with two attached hydrogens (primary N) is 1. The van der Waals surface area contributed by atoms with Crippen molar-refractivity contribution in [2.24, 2.45) is 5.73 Å². The van der Waals surface area contributed by atoms with E-state index < -0.39 is 24.0 Å². The third kappa shape index (κ3) is 2.78. The highest BCUT2D eigenvalue weighted by Gasteiger charge is 2.29. The zero-order valence-corrected chi connectivity index (χ0v) is 8.50. The number of carbonyl (C=O) groups is 1. The normalized spacial score (nSPS) is 16.7. The van der Waals surface area contributed by atoms with Crippen molar-refractivity contribution in [2.75, 3.05) is 0 Å². The molecule has 1 aromatic rings. The van der Waals surface area contributed by atoms with Crippen molar-refractivity contribution < 1.29 is 15.0 Å². The van der Waals surface area contributed by atoms with E-state index in [0.29, 0.717) is 0 Å². The van der Waals surface area contributed by atoms with Crippen molar-refractivity contribution in [3.63, 3.8) is 0 Å². The Labute approximate surface area is 88.3 Å². The maximum atomic E-state index is 10.8. The quantitative estimate of drug-likeness (QED) is 0.676. The molecule has 0 heterocycles. The Balaban J connectivity index is 2.99. The minimum atomic E-state index is -1.11. The van der Waals surface area contributed by atoms with Gasteiger partial charge in [-0.05, 0) is 12.5 Å². The highest BCUT2D eigenvalue weighted by atomic mass is 16.4. The van der Waals surface area contributed by atoms with Crippen molar-refractivity contribution in [3.8, 4) is 0 Å². The summed E-state index contributed by atoms with van der Waals surface area (Å²) in [7, 11) is 0. The molecular weight excluding hydrogens is 194 g/mol. The first-order valence-corrected chi connectivity index (χ1v) is 4.75. The van der Waals surface area contributed by atoms with E-state index in [1.807, 2.05) is 6.07 Å². The first-order valence-electron chi connectivity index (χ1n) is 4.75. The van der Waals surface area contributed by atoms with Gasteiger partial charge in [0.1, 0.15) is 6.04 Å². The van der Waals surface area contributed by atoms with Crippen molar-refractivity contribution in [2.45, 2.75) is 25.0 Å². The standard InChI is InChI=1S/C11H15NO3/c1-7(13)9(10(12)11(14)15)8-5-3-2-4-6-8/h2-7,9-10,13H,12H2,1H3,(H,14,15).